The summed E-state index contributed by atoms with van der Waals surface area (Å²) in [7, 11) is 0. The molecule has 1 N–H and O–H groups in total. The first-order valence-electron chi connectivity index (χ1n) is 5.39. The second-order valence-corrected chi connectivity index (χ2v) is 5.15. The van der Waals surface area contributed by atoms with Crippen LogP contribution in [0.15, 0.2) is 0 Å². The highest BCUT2D eigenvalue weighted by molar-refractivity contribution is 5.86. The molecule has 1 fully saturated rings. The van der Waals surface area contributed by atoms with Crippen molar-refractivity contribution in [3.05, 3.63) is 0 Å². The maximum absolute atomic E-state index is 11.8. The fourth-order valence-corrected chi connectivity index (χ4v) is 1.72. The lowest BCUT2D eigenvalue weighted by Gasteiger charge is -2.27. The highest BCUT2D eigenvalue weighted by atomic mass is 16.6. The van der Waals surface area contributed by atoms with Crippen molar-refractivity contribution in [2.24, 2.45) is 0 Å². The van der Waals surface area contributed by atoms with E-state index in [0.717, 1.165) is 0 Å². The van der Waals surface area contributed by atoms with Crippen LogP contribution in [0.4, 0.5) is 4.79 Å². The van der Waals surface area contributed by atoms with Crippen molar-refractivity contribution in [2.75, 3.05) is 6.54 Å². The SMILES string of the molecule is CC(=O)C1C[C@@H](O)CN1C(=O)OC(C)(C)C. The Morgan fingerprint density at radius 1 is 1.38 bits per heavy atom. The molecule has 0 aliphatic carbocycles. The molecule has 5 nitrogen and oxygen atoms in total. The van der Waals surface area contributed by atoms with Crippen molar-refractivity contribution in [1.29, 1.82) is 0 Å². The van der Waals surface area contributed by atoms with E-state index in [9.17, 15) is 14.7 Å². The van der Waals surface area contributed by atoms with Gasteiger partial charge < -0.3 is 9.84 Å². The Labute approximate surface area is 95.4 Å². The smallest absolute Gasteiger partial charge is 0.410 e. The van der Waals surface area contributed by atoms with Crippen LogP contribution in [0.25, 0.3) is 0 Å². The molecule has 1 heterocycles. The van der Waals surface area contributed by atoms with Gasteiger partial charge in [0.05, 0.1) is 18.7 Å². The molecule has 1 unspecified atom stereocenters. The number of ketones is 1. The average Bonchev–Trinajstić information content (AvgIpc) is 2.44. The zero-order chi connectivity index (χ0) is 12.5. The zero-order valence-electron chi connectivity index (χ0n) is 10.2. The molecule has 1 aliphatic rings. The third-order valence-electron chi connectivity index (χ3n) is 2.38. The monoisotopic (exact) mass is 229 g/mol. The minimum atomic E-state index is -0.638. The molecule has 92 valence electrons. The second-order valence-electron chi connectivity index (χ2n) is 5.15. The Hall–Kier alpha value is -1.10. The Morgan fingerprint density at radius 3 is 2.38 bits per heavy atom. The van der Waals surface area contributed by atoms with E-state index in [1.165, 1.54) is 11.8 Å². The molecule has 16 heavy (non-hydrogen) atoms. The molecule has 2 atom stereocenters. The van der Waals surface area contributed by atoms with Crippen molar-refractivity contribution in [3.63, 3.8) is 0 Å². The van der Waals surface area contributed by atoms with Gasteiger partial charge in [-0.2, -0.15) is 0 Å². The van der Waals surface area contributed by atoms with Gasteiger partial charge in [0.2, 0.25) is 0 Å². The summed E-state index contributed by atoms with van der Waals surface area (Å²) in [6, 6.07) is -0.551. The summed E-state index contributed by atoms with van der Waals surface area (Å²) in [5.74, 6) is -0.123. The van der Waals surface area contributed by atoms with Crippen LogP contribution in [-0.2, 0) is 9.53 Å². The van der Waals surface area contributed by atoms with E-state index in [1.807, 2.05) is 0 Å². The Balaban J connectivity index is 2.71. The van der Waals surface area contributed by atoms with Gasteiger partial charge in [0, 0.05) is 6.42 Å². The molecule has 0 spiro atoms. The first kappa shape index (κ1) is 13.0. The van der Waals surface area contributed by atoms with Crippen LogP contribution in [0.2, 0.25) is 0 Å². The summed E-state index contributed by atoms with van der Waals surface area (Å²) in [6.07, 6.45) is -0.875. The fraction of sp³-hybridized carbons (Fsp3) is 0.818. The van der Waals surface area contributed by atoms with E-state index in [-0.39, 0.29) is 12.3 Å². The van der Waals surface area contributed by atoms with Gasteiger partial charge in [-0.05, 0) is 27.7 Å². The molecule has 0 aromatic carbocycles. The maximum atomic E-state index is 11.8. The van der Waals surface area contributed by atoms with E-state index in [2.05, 4.69) is 0 Å². The van der Waals surface area contributed by atoms with Gasteiger partial charge in [-0.3, -0.25) is 9.69 Å². The molecule has 1 aliphatic heterocycles. The number of aliphatic hydroxyl groups excluding tert-OH is 1. The van der Waals surface area contributed by atoms with E-state index in [4.69, 9.17) is 4.74 Å². The molecular formula is C11H19NO4. The highest BCUT2D eigenvalue weighted by Gasteiger charge is 2.39. The van der Waals surface area contributed by atoms with Crippen molar-refractivity contribution in [3.8, 4) is 0 Å². The summed E-state index contributed by atoms with van der Waals surface area (Å²) < 4.78 is 5.17. The largest absolute Gasteiger partial charge is 0.444 e. The quantitative estimate of drug-likeness (QED) is 0.726. The molecule has 1 saturated heterocycles. The van der Waals surface area contributed by atoms with Gasteiger partial charge in [0.1, 0.15) is 5.60 Å². The van der Waals surface area contributed by atoms with E-state index < -0.39 is 23.8 Å². The highest BCUT2D eigenvalue weighted by Crippen LogP contribution is 2.21. The first-order chi connectivity index (χ1) is 7.20. The van der Waals surface area contributed by atoms with Crippen LogP contribution in [0.1, 0.15) is 34.1 Å². The topological polar surface area (TPSA) is 66.8 Å². The third kappa shape index (κ3) is 3.20. The molecule has 0 aromatic heterocycles. The summed E-state index contributed by atoms with van der Waals surface area (Å²) in [5.41, 5.74) is -0.591. The Morgan fingerprint density at radius 2 is 1.94 bits per heavy atom. The van der Waals surface area contributed by atoms with Crippen LogP contribution < -0.4 is 0 Å². The lowest BCUT2D eigenvalue weighted by molar-refractivity contribution is -0.121. The number of amides is 1. The molecule has 1 rings (SSSR count). The maximum Gasteiger partial charge on any atom is 0.410 e. The number of carbonyl (C=O) groups excluding carboxylic acids is 2. The van der Waals surface area contributed by atoms with Gasteiger partial charge in [-0.25, -0.2) is 4.79 Å². The van der Waals surface area contributed by atoms with Crippen molar-refractivity contribution in [1.82, 2.24) is 4.90 Å². The van der Waals surface area contributed by atoms with Gasteiger partial charge >= 0.3 is 6.09 Å². The molecule has 0 radical (unpaired) electrons. The Bertz CT molecular complexity index is 295. The van der Waals surface area contributed by atoms with Crippen molar-refractivity contribution < 1.29 is 19.4 Å². The number of aliphatic hydroxyl groups is 1. The summed E-state index contributed by atoms with van der Waals surface area (Å²) in [5, 5.41) is 9.46. The number of rotatable bonds is 1. The predicted molar refractivity (Wildman–Crippen MR) is 58.0 cm³/mol. The molecular weight excluding hydrogens is 210 g/mol. The Kier molecular flexibility index (Phi) is 3.57. The number of likely N-dealkylation sites (tertiary alicyclic amines) is 1. The minimum absolute atomic E-state index is 0.123. The van der Waals surface area contributed by atoms with Crippen LogP contribution in [-0.4, -0.2) is 46.2 Å². The van der Waals surface area contributed by atoms with E-state index >= 15 is 0 Å². The first-order valence-corrected chi connectivity index (χ1v) is 5.39. The molecule has 1 amide bonds. The summed E-state index contributed by atoms with van der Waals surface area (Å²) >= 11 is 0. The fourth-order valence-electron chi connectivity index (χ4n) is 1.72. The van der Waals surface area contributed by atoms with Crippen LogP contribution >= 0.6 is 0 Å². The number of ether oxygens (including phenoxy) is 1. The van der Waals surface area contributed by atoms with Crippen LogP contribution in [0.3, 0.4) is 0 Å². The van der Waals surface area contributed by atoms with Gasteiger partial charge in [0.15, 0.2) is 5.78 Å². The normalized spacial score (nSPS) is 25.7. The lowest BCUT2D eigenvalue weighted by atomic mass is 10.1. The number of nitrogens with zero attached hydrogens (tertiary/aromatic N) is 1. The average molecular weight is 229 g/mol. The molecule has 0 aromatic rings. The van der Waals surface area contributed by atoms with Gasteiger partial charge in [-0.1, -0.05) is 0 Å². The molecule has 0 bridgehead atoms. The zero-order valence-corrected chi connectivity index (χ0v) is 10.2. The molecule has 5 heteroatoms. The summed E-state index contributed by atoms with van der Waals surface area (Å²) in [4.78, 5) is 24.4. The van der Waals surface area contributed by atoms with Crippen molar-refractivity contribution in [2.45, 2.75) is 51.9 Å². The van der Waals surface area contributed by atoms with Gasteiger partial charge in [-0.15, -0.1) is 0 Å². The van der Waals surface area contributed by atoms with Crippen LogP contribution in [0.5, 0.6) is 0 Å². The summed E-state index contributed by atoms with van der Waals surface area (Å²) in [6.45, 7) is 6.87. The number of hydrogen-bond acceptors (Lipinski definition) is 4. The second kappa shape index (κ2) is 4.41. The van der Waals surface area contributed by atoms with E-state index in [0.29, 0.717) is 6.42 Å². The number of carbonyl (C=O) groups is 2. The van der Waals surface area contributed by atoms with Gasteiger partial charge in [0.25, 0.3) is 0 Å². The predicted octanol–water partition coefficient (Wildman–Crippen LogP) is 0.946. The lowest BCUT2D eigenvalue weighted by Crippen LogP contribution is -2.42. The number of Topliss-reactive ketones (excluding diaryl/α,β-unsaturated/α-hetero) is 1. The minimum Gasteiger partial charge on any atom is -0.444 e. The standard InChI is InChI=1S/C11H19NO4/c1-7(13)9-5-8(14)6-12(9)10(15)16-11(2,3)4/h8-9,14H,5-6H2,1-4H3/t8-,9?/m1/s1. The van der Waals surface area contributed by atoms with Crippen LogP contribution in [0, 0.1) is 0 Å². The molecule has 0 saturated carbocycles. The third-order valence-corrected chi connectivity index (χ3v) is 2.38. The number of hydrogen-bond donors (Lipinski definition) is 1. The van der Waals surface area contributed by atoms with Crippen molar-refractivity contribution >= 4 is 11.9 Å². The van der Waals surface area contributed by atoms with E-state index in [1.54, 1.807) is 20.8 Å². The number of β-amino-alcohol motifs (C(OH)–C–C–N with tert-alkyl or cyclic N) is 1.